The van der Waals surface area contributed by atoms with Gasteiger partial charge < -0.3 is 16.2 Å². The van der Waals surface area contributed by atoms with Crippen LogP contribution in [0.4, 0.5) is 5.13 Å². The highest BCUT2D eigenvalue weighted by Crippen LogP contribution is 2.40. The Morgan fingerprint density at radius 1 is 1.54 bits per heavy atom. The molecular formula is C13H13N5O4S2. The number of nitrogens with one attached hydrogen (secondary N) is 1. The van der Waals surface area contributed by atoms with Crippen LogP contribution in [-0.4, -0.2) is 54.3 Å². The summed E-state index contributed by atoms with van der Waals surface area (Å²) in [4.78, 5) is 40.8. The van der Waals surface area contributed by atoms with E-state index >= 15 is 0 Å². The molecule has 0 saturated carbocycles. The fourth-order valence-electron chi connectivity index (χ4n) is 2.51. The van der Waals surface area contributed by atoms with Crippen molar-refractivity contribution < 1.29 is 19.5 Å². The molecule has 1 fully saturated rings. The van der Waals surface area contributed by atoms with Crippen LogP contribution in [0.25, 0.3) is 0 Å². The molecule has 11 heteroatoms. The second-order valence-electron chi connectivity index (χ2n) is 5.06. The van der Waals surface area contributed by atoms with E-state index in [0.29, 0.717) is 11.3 Å². The number of hydrogen-bond donors (Lipinski definition) is 3. The number of allylic oxidation sites excluding steroid dienone is 1. The van der Waals surface area contributed by atoms with Crippen LogP contribution in [0.5, 0.6) is 0 Å². The molecule has 0 bridgehead atoms. The first-order valence-electron chi connectivity index (χ1n) is 6.83. The summed E-state index contributed by atoms with van der Waals surface area (Å²) in [6, 6.07) is -0.765. The van der Waals surface area contributed by atoms with Gasteiger partial charge in [0.15, 0.2) is 11.0 Å². The van der Waals surface area contributed by atoms with Crippen LogP contribution in [0.2, 0.25) is 0 Å². The van der Waals surface area contributed by atoms with Crippen molar-refractivity contribution in [3.05, 3.63) is 29.7 Å². The molecule has 1 unspecified atom stereocenters. The van der Waals surface area contributed by atoms with Crippen molar-refractivity contribution in [2.45, 2.75) is 17.8 Å². The van der Waals surface area contributed by atoms with Crippen LogP contribution in [-0.2, 0) is 20.8 Å². The SMILES string of the molecule is C=CC1=C(C(=O)O)N2C(=O)C(NC(=O)Cc3nsc(N)n3)[C@H]2SC1. The molecule has 1 saturated heterocycles. The normalized spacial score (nSPS) is 22.7. The average molecular weight is 367 g/mol. The molecule has 1 aromatic heterocycles. The van der Waals surface area contributed by atoms with Crippen LogP contribution >= 0.6 is 23.3 Å². The molecule has 3 rings (SSSR count). The lowest BCUT2D eigenvalue weighted by atomic mass is 10.0. The molecular weight excluding hydrogens is 354 g/mol. The van der Waals surface area contributed by atoms with Crippen molar-refractivity contribution in [3.63, 3.8) is 0 Å². The van der Waals surface area contributed by atoms with E-state index in [1.165, 1.54) is 22.7 Å². The number of nitrogens with two attached hydrogens (primary N) is 1. The molecule has 0 spiro atoms. The molecule has 2 aliphatic rings. The monoisotopic (exact) mass is 367 g/mol. The zero-order valence-corrected chi connectivity index (χ0v) is 13.9. The van der Waals surface area contributed by atoms with Gasteiger partial charge in [-0.25, -0.2) is 9.78 Å². The zero-order chi connectivity index (χ0) is 17.4. The molecule has 9 nitrogen and oxygen atoms in total. The molecule has 2 amide bonds. The van der Waals surface area contributed by atoms with Crippen LogP contribution in [0, 0.1) is 0 Å². The average Bonchev–Trinajstić information content (AvgIpc) is 2.95. The number of anilines is 1. The largest absolute Gasteiger partial charge is 0.477 e. The van der Waals surface area contributed by atoms with Crippen molar-refractivity contribution >= 4 is 46.2 Å². The number of nitrogens with zero attached hydrogens (tertiary/aromatic N) is 3. The maximum absolute atomic E-state index is 12.3. The second-order valence-corrected chi connectivity index (χ2v) is 6.95. The maximum atomic E-state index is 12.3. The van der Waals surface area contributed by atoms with Crippen molar-refractivity contribution in [2.24, 2.45) is 0 Å². The van der Waals surface area contributed by atoms with Crippen LogP contribution < -0.4 is 11.1 Å². The third-order valence-corrected chi connectivity index (χ3v) is 5.45. The van der Waals surface area contributed by atoms with Gasteiger partial charge in [0.1, 0.15) is 17.1 Å². The summed E-state index contributed by atoms with van der Waals surface area (Å²) >= 11 is 2.37. The summed E-state index contributed by atoms with van der Waals surface area (Å²) in [5.41, 5.74) is 5.87. The third-order valence-electron chi connectivity index (χ3n) is 3.57. The van der Waals surface area contributed by atoms with Crippen molar-refractivity contribution in [1.82, 2.24) is 19.6 Å². The van der Waals surface area contributed by atoms with E-state index in [-0.39, 0.29) is 23.1 Å². The quantitative estimate of drug-likeness (QED) is 0.597. The molecule has 24 heavy (non-hydrogen) atoms. The maximum Gasteiger partial charge on any atom is 0.352 e. The molecule has 0 radical (unpaired) electrons. The number of thioether (sulfide) groups is 1. The predicted octanol–water partition coefficient (Wildman–Crippen LogP) is -0.413. The number of nitrogen functional groups attached to an aromatic ring is 1. The summed E-state index contributed by atoms with van der Waals surface area (Å²) < 4.78 is 3.91. The summed E-state index contributed by atoms with van der Waals surface area (Å²) in [7, 11) is 0. The molecule has 1 aromatic rings. The molecule has 126 valence electrons. The molecule has 2 atom stereocenters. The molecule has 0 aromatic carbocycles. The van der Waals surface area contributed by atoms with Gasteiger partial charge >= 0.3 is 5.97 Å². The highest BCUT2D eigenvalue weighted by atomic mass is 32.2. The number of carbonyl (C=O) groups excluding carboxylic acids is 2. The van der Waals surface area contributed by atoms with Gasteiger partial charge in [-0.3, -0.25) is 14.5 Å². The Morgan fingerprint density at radius 3 is 2.88 bits per heavy atom. The summed E-state index contributed by atoms with van der Waals surface area (Å²) in [5, 5.41) is 11.8. The van der Waals surface area contributed by atoms with Crippen molar-refractivity contribution in [3.8, 4) is 0 Å². The zero-order valence-electron chi connectivity index (χ0n) is 12.3. The molecule has 3 heterocycles. The number of hydrogen-bond acceptors (Lipinski definition) is 8. The van der Waals surface area contributed by atoms with Gasteiger partial charge in [-0.1, -0.05) is 12.7 Å². The van der Waals surface area contributed by atoms with Gasteiger partial charge in [0.2, 0.25) is 5.91 Å². The van der Waals surface area contributed by atoms with Gasteiger partial charge in [-0.15, -0.1) is 11.8 Å². The van der Waals surface area contributed by atoms with Gasteiger partial charge in [-0.05, 0) is 5.57 Å². The predicted molar refractivity (Wildman–Crippen MR) is 87.9 cm³/mol. The number of carbonyl (C=O) groups is 3. The van der Waals surface area contributed by atoms with Gasteiger partial charge in [0, 0.05) is 17.3 Å². The Balaban J connectivity index is 1.69. The minimum absolute atomic E-state index is 0.0711. The van der Waals surface area contributed by atoms with Gasteiger partial charge in [0.05, 0.1) is 6.42 Å². The minimum atomic E-state index is -1.18. The fourth-order valence-corrected chi connectivity index (χ4v) is 4.30. The molecule has 2 aliphatic heterocycles. The number of rotatable bonds is 5. The highest BCUT2D eigenvalue weighted by Gasteiger charge is 2.53. The smallest absolute Gasteiger partial charge is 0.352 e. The van der Waals surface area contributed by atoms with Crippen molar-refractivity contribution in [1.29, 1.82) is 0 Å². The lowest BCUT2D eigenvalue weighted by Crippen LogP contribution is -2.70. The van der Waals surface area contributed by atoms with E-state index < -0.39 is 29.2 Å². The van der Waals surface area contributed by atoms with E-state index in [4.69, 9.17) is 5.73 Å². The number of β-lactam (4-membered cyclic amide) rings is 1. The highest BCUT2D eigenvalue weighted by molar-refractivity contribution is 8.00. The number of carboxylic acids is 1. The number of amides is 2. The van der Waals surface area contributed by atoms with E-state index in [1.54, 1.807) is 0 Å². The number of aliphatic carboxylic acids is 1. The third kappa shape index (κ3) is 2.76. The first kappa shape index (κ1) is 16.5. The summed E-state index contributed by atoms with van der Waals surface area (Å²) in [6.45, 7) is 3.58. The van der Waals surface area contributed by atoms with Gasteiger partial charge in [0.25, 0.3) is 5.91 Å². The first-order valence-corrected chi connectivity index (χ1v) is 8.65. The van der Waals surface area contributed by atoms with Crippen LogP contribution in [0.3, 0.4) is 0 Å². The lowest BCUT2D eigenvalue weighted by molar-refractivity contribution is -0.150. The standard InChI is InChI=1S/C13H13N5O4S2/c1-2-5-4-23-11-8(10(20)18(11)9(5)12(21)22)16-7(19)3-6-15-13(14)24-17-6/h2,8,11H,1,3-4H2,(H,16,19)(H,21,22)(H2,14,15,17)/t8?,11-/m1/s1. The van der Waals surface area contributed by atoms with E-state index in [0.717, 1.165) is 11.5 Å². The van der Waals surface area contributed by atoms with Gasteiger partial charge in [-0.2, -0.15) is 4.37 Å². The lowest BCUT2D eigenvalue weighted by Gasteiger charge is -2.49. The Morgan fingerprint density at radius 2 is 2.29 bits per heavy atom. The Bertz CT molecular complexity index is 774. The Labute approximate surface area is 144 Å². The Hall–Kier alpha value is -2.40. The van der Waals surface area contributed by atoms with E-state index in [2.05, 4.69) is 21.3 Å². The summed E-state index contributed by atoms with van der Waals surface area (Å²) in [5.74, 6) is -1.36. The summed E-state index contributed by atoms with van der Waals surface area (Å²) in [6.07, 6.45) is 1.35. The molecule has 4 N–H and O–H groups in total. The van der Waals surface area contributed by atoms with Crippen LogP contribution in [0.15, 0.2) is 23.9 Å². The second kappa shape index (κ2) is 6.24. The van der Waals surface area contributed by atoms with Crippen LogP contribution in [0.1, 0.15) is 5.82 Å². The topological polar surface area (TPSA) is 139 Å². The molecule has 0 aliphatic carbocycles. The van der Waals surface area contributed by atoms with Crippen molar-refractivity contribution in [2.75, 3.05) is 11.5 Å². The number of aromatic nitrogens is 2. The minimum Gasteiger partial charge on any atom is -0.477 e. The van der Waals surface area contributed by atoms with E-state index in [9.17, 15) is 19.5 Å². The first-order chi connectivity index (χ1) is 11.4. The number of carboxylic acid groups (broad SMARTS) is 1. The number of fused-ring (bicyclic) bond motifs is 1. The van der Waals surface area contributed by atoms with E-state index in [1.807, 2.05) is 0 Å². The Kier molecular flexibility index (Phi) is 4.28. The fraction of sp³-hybridized carbons (Fsp3) is 0.308.